The van der Waals surface area contributed by atoms with E-state index in [2.05, 4.69) is 34.4 Å². The second kappa shape index (κ2) is 13.2. The molecule has 0 aliphatic rings. The predicted octanol–water partition coefficient (Wildman–Crippen LogP) is 3.34. The molecule has 0 radical (unpaired) electrons. The zero-order chi connectivity index (χ0) is 23.4. The maximum absolute atomic E-state index is 12.9. The van der Waals surface area contributed by atoms with Gasteiger partial charge in [0.05, 0.1) is 18.7 Å². The third-order valence-corrected chi connectivity index (χ3v) is 4.97. The molecular weight excluding hydrogens is 407 g/mol. The first kappa shape index (κ1) is 26.7. The Morgan fingerprint density at radius 3 is 2.45 bits per heavy atom. The van der Waals surface area contributed by atoms with Crippen molar-refractivity contribution in [2.24, 2.45) is 4.99 Å². The molecule has 1 atom stereocenters. The summed E-state index contributed by atoms with van der Waals surface area (Å²) in [6.45, 7) is 9.44. The molecule has 0 heterocycles. The van der Waals surface area contributed by atoms with Gasteiger partial charge in [-0.1, -0.05) is 26.0 Å². The van der Waals surface area contributed by atoms with Gasteiger partial charge in [0.1, 0.15) is 0 Å². The van der Waals surface area contributed by atoms with Crippen LogP contribution in [0, 0.1) is 0 Å². The average Bonchev–Trinajstić information content (AvgIpc) is 2.72. The highest BCUT2D eigenvalue weighted by Gasteiger charge is 2.30. The van der Waals surface area contributed by atoms with E-state index in [-0.39, 0.29) is 25.0 Å². The normalized spacial score (nSPS) is 13.3. The number of guanidine groups is 1. The molecule has 0 bridgehead atoms. The molecule has 0 saturated heterocycles. The topological polar surface area (TPSA) is 60.0 Å². The number of carbonyl (C=O) groups excluding carboxylic acids is 1. The Kier molecular flexibility index (Phi) is 11.4. The van der Waals surface area contributed by atoms with Crippen molar-refractivity contribution >= 4 is 11.9 Å². The molecule has 0 fully saturated rings. The molecule has 1 amide bonds. The molecule has 1 rings (SSSR count). The van der Waals surface area contributed by atoms with Crippen molar-refractivity contribution in [3.05, 3.63) is 35.4 Å². The summed E-state index contributed by atoms with van der Waals surface area (Å²) < 4.78 is 38.8. The number of nitrogens with one attached hydrogen (secondary N) is 2. The lowest BCUT2D eigenvalue weighted by molar-refractivity contribution is -0.137. The summed E-state index contributed by atoms with van der Waals surface area (Å²) in [7, 11) is 3.32. The molecular formula is C22H36F3N5O. The van der Waals surface area contributed by atoms with Crippen LogP contribution in [-0.4, -0.2) is 68.0 Å². The van der Waals surface area contributed by atoms with Gasteiger partial charge in [-0.3, -0.25) is 4.79 Å². The van der Waals surface area contributed by atoms with Gasteiger partial charge in [-0.05, 0) is 57.1 Å². The molecule has 1 aromatic rings. The quantitative estimate of drug-likeness (QED) is 0.407. The molecule has 9 heteroatoms. The number of halogens is 3. The van der Waals surface area contributed by atoms with E-state index < -0.39 is 11.7 Å². The van der Waals surface area contributed by atoms with Crippen molar-refractivity contribution in [2.45, 2.75) is 52.4 Å². The molecule has 0 aliphatic heterocycles. The van der Waals surface area contributed by atoms with Crippen molar-refractivity contribution in [3.8, 4) is 0 Å². The number of rotatable bonds is 11. The lowest BCUT2D eigenvalue weighted by atomic mass is 10.1. The molecule has 1 aromatic carbocycles. The van der Waals surface area contributed by atoms with Crippen LogP contribution >= 0.6 is 0 Å². The molecule has 2 N–H and O–H groups in total. The van der Waals surface area contributed by atoms with Crippen LogP contribution in [0.5, 0.6) is 0 Å². The minimum Gasteiger partial charge on any atom is -0.354 e. The largest absolute Gasteiger partial charge is 0.416 e. The van der Waals surface area contributed by atoms with E-state index in [1.54, 1.807) is 20.2 Å². The highest BCUT2D eigenvalue weighted by Crippen LogP contribution is 2.29. The number of benzene rings is 1. The maximum Gasteiger partial charge on any atom is 0.416 e. The van der Waals surface area contributed by atoms with Crippen LogP contribution in [-0.2, 0) is 17.5 Å². The van der Waals surface area contributed by atoms with Crippen LogP contribution in [0.1, 0.15) is 44.7 Å². The Morgan fingerprint density at radius 2 is 1.87 bits per heavy atom. The molecule has 6 nitrogen and oxygen atoms in total. The summed E-state index contributed by atoms with van der Waals surface area (Å²) in [5.41, 5.74) is -0.251. The smallest absolute Gasteiger partial charge is 0.354 e. The standard InChI is InChI=1S/C22H36F3N5O/c1-6-30(7-2)13-9-10-17(3)28-21(27-16-20(31)29(4)5)26-15-18-11-8-12-19(14-18)22(23,24)25/h8,11-12,14,17H,6-7,9-10,13,15-16H2,1-5H3,(H2,26,27,28). The van der Waals surface area contributed by atoms with Crippen molar-refractivity contribution in [2.75, 3.05) is 40.3 Å². The van der Waals surface area contributed by atoms with Crippen LogP contribution in [0.15, 0.2) is 29.3 Å². The maximum atomic E-state index is 12.9. The lowest BCUT2D eigenvalue weighted by Gasteiger charge is -2.21. The van der Waals surface area contributed by atoms with Gasteiger partial charge in [0.2, 0.25) is 5.91 Å². The van der Waals surface area contributed by atoms with E-state index in [9.17, 15) is 18.0 Å². The summed E-state index contributed by atoms with van der Waals surface area (Å²) in [4.78, 5) is 20.1. The van der Waals surface area contributed by atoms with E-state index in [1.807, 2.05) is 6.92 Å². The third-order valence-electron chi connectivity index (χ3n) is 4.97. The Bertz CT molecular complexity index is 703. The summed E-state index contributed by atoms with van der Waals surface area (Å²) in [5, 5.41) is 6.25. The van der Waals surface area contributed by atoms with Crippen LogP contribution in [0.4, 0.5) is 13.2 Å². The van der Waals surface area contributed by atoms with Crippen molar-refractivity contribution < 1.29 is 18.0 Å². The molecule has 31 heavy (non-hydrogen) atoms. The fourth-order valence-corrected chi connectivity index (χ4v) is 2.95. The van der Waals surface area contributed by atoms with Gasteiger partial charge in [0.25, 0.3) is 0 Å². The van der Waals surface area contributed by atoms with Gasteiger partial charge in [0.15, 0.2) is 5.96 Å². The highest BCUT2D eigenvalue weighted by molar-refractivity contribution is 5.86. The predicted molar refractivity (Wildman–Crippen MR) is 119 cm³/mol. The van der Waals surface area contributed by atoms with E-state index in [0.717, 1.165) is 44.6 Å². The number of carbonyl (C=O) groups is 1. The highest BCUT2D eigenvalue weighted by atomic mass is 19.4. The Morgan fingerprint density at radius 1 is 1.19 bits per heavy atom. The number of amides is 1. The second-order valence-electron chi connectivity index (χ2n) is 7.72. The fraction of sp³-hybridized carbons (Fsp3) is 0.636. The van der Waals surface area contributed by atoms with Gasteiger partial charge >= 0.3 is 6.18 Å². The summed E-state index contributed by atoms with van der Waals surface area (Å²) >= 11 is 0. The zero-order valence-electron chi connectivity index (χ0n) is 19.2. The van der Waals surface area contributed by atoms with Gasteiger partial charge in [-0.2, -0.15) is 13.2 Å². The Hall–Kier alpha value is -2.29. The van der Waals surface area contributed by atoms with Crippen LogP contribution < -0.4 is 10.6 Å². The lowest BCUT2D eigenvalue weighted by Crippen LogP contribution is -2.46. The van der Waals surface area contributed by atoms with E-state index in [1.165, 1.54) is 11.0 Å². The van der Waals surface area contributed by atoms with Crippen molar-refractivity contribution in [3.63, 3.8) is 0 Å². The number of aliphatic imine (C=N–C) groups is 1. The summed E-state index contributed by atoms with van der Waals surface area (Å²) in [6, 6.07) is 5.21. The first-order chi connectivity index (χ1) is 14.6. The minimum atomic E-state index is -4.39. The van der Waals surface area contributed by atoms with E-state index in [4.69, 9.17) is 0 Å². The van der Waals surface area contributed by atoms with Crippen LogP contribution in [0.3, 0.4) is 0 Å². The Balaban J connectivity index is 2.79. The van der Waals surface area contributed by atoms with Gasteiger partial charge < -0.3 is 20.4 Å². The fourth-order valence-electron chi connectivity index (χ4n) is 2.95. The third kappa shape index (κ3) is 10.5. The number of likely N-dealkylation sites (N-methyl/N-ethyl adjacent to an activating group) is 1. The molecule has 0 spiro atoms. The first-order valence-electron chi connectivity index (χ1n) is 10.7. The minimum absolute atomic E-state index is 0.0492. The molecule has 0 saturated carbocycles. The molecule has 0 aliphatic carbocycles. The monoisotopic (exact) mass is 443 g/mol. The number of hydrogen-bond acceptors (Lipinski definition) is 3. The second-order valence-corrected chi connectivity index (χ2v) is 7.72. The van der Waals surface area contributed by atoms with Gasteiger partial charge in [-0.15, -0.1) is 0 Å². The summed E-state index contributed by atoms with van der Waals surface area (Å²) in [6.07, 6.45) is -2.48. The van der Waals surface area contributed by atoms with Crippen LogP contribution in [0.25, 0.3) is 0 Å². The number of hydrogen-bond donors (Lipinski definition) is 2. The first-order valence-corrected chi connectivity index (χ1v) is 10.7. The zero-order valence-corrected chi connectivity index (χ0v) is 19.2. The van der Waals surface area contributed by atoms with Gasteiger partial charge in [0, 0.05) is 20.1 Å². The van der Waals surface area contributed by atoms with Crippen molar-refractivity contribution in [1.29, 1.82) is 0 Å². The van der Waals surface area contributed by atoms with E-state index >= 15 is 0 Å². The average molecular weight is 444 g/mol. The number of nitrogens with zero attached hydrogens (tertiary/aromatic N) is 3. The molecule has 176 valence electrons. The van der Waals surface area contributed by atoms with Gasteiger partial charge in [-0.25, -0.2) is 4.99 Å². The van der Waals surface area contributed by atoms with Crippen molar-refractivity contribution in [1.82, 2.24) is 20.4 Å². The molecule has 1 unspecified atom stereocenters. The van der Waals surface area contributed by atoms with Crippen LogP contribution in [0.2, 0.25) is 0 Å². The number of alkyl halides is 3. The SMILES string of the molecule is CCN(CC)CCCC(C)NC(=NCc1cccc(C(F)(F)F)c1)NCC(=O)N(C)C. The molecule has 0 aromatic heterocycles. The Labute approximate surface area is 183 Å². The summed E-state index contributed by atoms with van der Waals surface area (Å²) in [5.74, 6) is 0.283. The van der Waals surface area contributed by atoms with E-state index in [0.29, 0.717) is 11.5 Å².